The van der Waals surface area contributed by atoms with Gasteiger partial charge in [0.05, 0.1) is 79.5 Å². The number of quaternary nitrogens is 1. The summed E-state index contributed by atoms with van der Waals surface area (Å²) in [6.45, 7) is 14.2. The zero-order valence-corrected chi connectivity index (χ0v) is 29.3. The van der Waals surface area contributed by atoms with Crippen LogP contribution in [0.2, 0.25) is 5.02 Å². The zero-order chi connectivity index (χ0) is 35.8. The molecule has 0 amide bonds. The highest BCUT2D eigenvalue weighted by Gasteiger charge is 2.19. The molecule has 2 N–H and O–H groups in total. The van der Waals surface area contributed by atoms with Gasteiger partial charge in [-0.05, 0) is 45.9 Å². The molecule has 7 rings (SSSR count). The van der Waals surface area contributed by atoms with E-state index in [0.717, 1.165) is 0 Å². The molecule has 6 aromatic carbocycles. The minimum Gasteiger partial charge on any atom is -0.748 e. The van der Waals surface area contributed by atoms with Gasteiger partial charge in [0.1, 0.15) is 0 Å². The molecule has 7 aromatic rings. The second-order valence-electron chi connectivity index (χ2n) is 11.9. The van der Waals surface area contributed by atoms with E-state index in [2.05, 4.69) is 37.7 Å². The van der Waals surface area contributed by atoms with Gasteiger partial charge < -0.3 is 19.0 Å². The summed E-state index contributed by atoms with van der Waals surface area (Å²) in [6, 6.07) is 18.2. The van der Waals surface area contributed by atoms with Gasteiger partial charge in [-0.1, -0.05) is 60.1 Å². The van der Waals surface area contributed by atoms with Crippen molar-refractivity contribution in [3.63, 3.8) is 0 Å². The molecule has 0 saturated carbocycles. The Morgan fingerprint density at radius 3 is 1.43 bits per heavy atom. The molecule has 1 heterocycles. The number of benzene rings is 6. The number of halogens is 1. The summed E-state index contributed by atoms with van der Waals surface area (Å²) < 4.78 is 28.5. The summed E-state index contributed by atoms with van der Waals surface area (Å²) in [5.41, 5.74) is 0.645. The molecule has 0 unspecified atom stereocenters. The highest BCUT2D eigenvalue weighted by Crippen LogP contribution is 2.30. The first-order valence-electron chi connectivity index (χ1n) is 15.9. The predicted molar refractivity (Wildman–Crippen MR) is 200 cm³/mol. The van der Waals surface area contributed by atoms with Crippen LogP contribution in [0.25, 0.3) is 65.2 Å². The third-order valence-corrected chi connectivity index (χ3v) is 9.74. The molecule has 10 nitrogen and oxygen atoms in total. The molecule has 0 atom stereocenters. The summed E-state index contributed by atoms with van der Waals surface area (Å²) >= 11 is 6.53. The van der Waals surface area contributed by atoms with E-state index in [0.29, 0.717) is 55.3 Å². The Hall–Kier alpha value is -4.68. The minimum atomic E-state index is -3.92. The fourth-order valence-corrected chi connectivity index (χ4v) is 6.80. The molecular weight excluding hydrogens is 666 g/mol. The molecule has 0 bridgehead atoms. The van der Waals surface area contributed by atoms with Gasteiger partial charge in [-0.15, -0.1) is 0 Å². The largest absolute Gasteiger partial charge is 0.748 e. The second kappa shape index (κ2) is 13.7. The number of fused-ring (bicyclic) bond motifs is 8. The molecule has 0 spiro atoms. The molecule has 1 aromatic heterocycles. The molecule has 254 valence electrons. The topological polar surface area (TPSA) is 157 Å². The number of H-pyrrole nitrogens is 2. The Kier molecular flexibility index (Phi) is 9.94. The van der Waals surface area contributed by atoms with Crippen molar-refractivity contribution < 1.29 is 17.5 Å². The van der Waals surface area contributed by atoms with E-state index in [-0.39, 0.29) is 42.9 Å². The van der Waals surface area contributed by atoms with Gasteiger partial charge in [0.15, 0.2) is 21.7 Å². The van der Waals surface area contributed by atoms with Crippen LogP contribution in [0.15, 0.2) is 85.9 Å². The van der Waals surface area contributed by atoms with Gasteiger partial charge in [0.25, 0.3) is 0 Å². The molecule has 0 radical (unpaired) electrons. The van der Waals surface area contributed by atoms with E-state index < -0.39 is 10.1 Å². The van der Waals surface area contributed by atoms with Crippen LogP contribution in [0.4, 0.5) is 0 Å². The SMILES string of the molecule is CC[N+](CC)(CC)CC.CS(=O)(=O)[O-].O=c1c2ccccc2c(=O)c2c1ccc1[nH]c3c(cc(Cl)c4c(=O)c5ccccc5c(=O)c43)[nH]c12. The van der Waals surface area contributed by atoms with Gasteiger partial charge in [-0.2, -0.15) is 0 Å². The monoisotopic (exact) mass is 701 g/mol. The maximum absolute atomic E-state index is 13.5. The molecule has 0 aliphatic rings. The van der Waals surface area contributed by atoms with E-state index >= 15 is 0 Å². The summed E-state index contributed by atoms with van der Waals surface area (Å²) in [6.07, 6.45) is 0.604. The van der Waals surface area contributed by atoms with E-state index in [9.17, 15) is 19.2 Å². The first kappa shape index (κ1) is 35.6. The molecule has 0 saturated heterocycles. The van der Waals surface area contributed by atoms with Crippen molar-refractivity contribution in [1.82, 2.24) is 9.97 Å². The van der Waals surface area contributed by atoms with Crippen molar-refractivity contribution in [2.24, 2.45) is 0 Å². The van der Waals surface area contributed by atoms with E-state index in [1.54, 1.807) is 66.7 Å². The first-order chi connectivity index (χ1) is 23.2. The Bertz CT molecular complexity index is 2730. The Labute approximate surface area is 286 Å². The maximum Gasteiger partial charge on any atom is 0.196 e. The van der Waals surface area contributed by atoms with Gasteiger partial charge in [-0.25, -0.2) is 8.42 Å². The minimum absolute atomic E-state index is 0.127. The maximum atomic E-state index is 13.5. The van der Waals surface area contributed by atoms with Crippen LogP contribution in [0.5, 0.6) is 0 Å². The first-order valence-corrected chi connectivity index (χ1v) is 18.1. The average molecular weight is 702 g/mol. The third-order valence-electron chi connectivity index (χ3n) is 9.45. The fourth-order valence-electron chi connectivity index (χ4n) is 6.51. The van der Waals surface area contributed by atoms with E-state index in [4.69, 9.17) is 24.6 Å². The van der Waals surface area contributed by atoms with Gasteiger partial charge in [0.2, 0.25) is 0 Å². The Morgan fingerprint density at radius 2 is 0.980 bits per heavy atom. The lowest BCUT2D eigenvalue weighted by molar-refractivity contribution is -0.921. The average Bonchev–Trinajstić information content (AvgIpc) is 3.09. The summed E-state index contributed by atoms with van der Waals surface area (Å²) in [5, 5.41) is 2.34. The smallest absolute Gasteiger partial charge is 0.196 e. The van der Waals surface area contributed by atoms with Crippen molar-refractivity contribution in [1.29, 1.82) is 0 Å². The zero-order valence-electron chi connectivity index (χ0n) is 27.8. The number of rotatable bonds is 4. The lowest BCUT2D eigenvalue weighted by atomic mass is 9.99. The van der Waals surface area contributed by atoms with Crippen LogP contribution in [0, 0.1) is 0 Å². The lowest BCUT2D eigenvalue weighted by Gasteiger charge is -2.34. The van der Waals surface area contributed by atoms with Crippen LogP contribution in [0.1, 0.15) is 27.7 Å². The number of hydrogen-bond donors (Lipinski definition) is 2. The molecule has 49 heavy (non-hydrogen) atoms. The van der Waals surface area contributed by atoms with E-state index in [1.807, 2.05) is 0 Å². The van der Waals surface area contributed by atoms with Crippen LogP contribution < -0.4 is 21.7 Å². The van der Waals surface area contributed by atoms with Crippen molar-refractivity contribution in [3.8, 4) is 0 Å². The summed E-state index contributed by atoms with van der Waals surface area (Å²) in [4.78, 5) is 59.7. The number of hydrogen-bond acceptors (Lipinski definition) is 7. The quantitative estimate of drug-likeness (QED) is 0.101. The fraction of sp³-hybridized carbons (Fsp3) is 0.243. The van der Waals surface area contributed by atoms with Crippen LogP contribution >= 0.6 is 11.6 Å². The molecule has 0 aliphatic heterocycles. The third kappa shape index (κ3) is 6.54. The number of aromatic amines is 2. The van der Waals surface area contributed by atoms with Gasteiger partial charge >= 0.3 is 0 Å². The van der Waals surface area contributed by atoms with E-state index in [1.165, 1.54) is 30.7 Å². The summed E-state index contributed by atoms with van der Waals surface area (Å²) in [5.74, 6) is 0. The van der Waals surface area contributed by atoms with Crippen LogP contribution in [-0.2, 0) is 10.1 Å². The number of aromatic nitrogens is 2. The van der Waals surface area contributed by atoms with Gasteiger partial charge in [-0.3, -0.25) is 19.2 Å². The Balaban J connectivity index is 0.000000284. The number of nitrogens with zero attached hydrogens (tertiary/aromatic N) is 1. The molecule has 0 fully saturated rings. The van der Waals surface area contributed by atoms with Crippen LogP contribution in [0.3, 0.4) is 0 Å². The standard InChI is InChI=1S/C28H13ClN2O4.C8H20N.CH4O3S/c29-17-11-19-24(22-21(17)27(34)14-7-3-4-8-15(14)28(22)35)30-18-10-9-16-20(23(18)31-19)26(33)13-6-2-1-5-12(13)25(16)32;1-5-9(6-2,7-3)8-4;1-5(2,3)4/h1-11,30-31H;5-8H2,1-4H3;1H3,(H,2,3,4)/q;+1;/p-1. The molecule has 12 heteroatoms. The molecular formula is C37H36ClN3O7S. The van der Waals surface area contributed by atoms with Crippen molar-refractivity contribution >= 4 is 86.9 Å². The highest BCUT2D eigenvalue weighted by molar-refractivity contribution is 7.84. The predicted octanol–water partition coefficient (Wildman–Crippen LogP) is 5.84. The van der Waals surface area contributed by atoms with Crippen molar-refractivity contribution in [2.45, 2.75) is 27.7 Å². The highest BCUT2D eigenvalue weighted by atomic mass is 35.5. The normalized spacial score (nSPS) is 12.0. The van der Waals surface area contributed by atoms with Crippen LogP contribution in [-0.4, -0.2) is 59.9 Å². The summed E-state index contributed by atoms with van der Waals surface area (Å²) in [7, 11) is -3.92. The van der Waals surface area contributed by atoms with Crippen molar-refractivity contribution in [2.75, 3.05) is 32.4 Å². The second-order valence-corrected chi connectivity index (χ2v) is 13.7. The Morgan fingerprint density at radius 1 is 0.592 bits per heavy atom. The molecule has 0 aliphatic carbocycles. The number of nitrogens with one attached hydrogen (secondary N) is 2. The van der Waals surface area contributed by atoms with Gasteiger partial charge in [0, 0.05) is 33.2 Å². The lowest BCUT2D eigenvalue weighted by Crippen LogP contribution is -2.47. The van der Waals surface area contributed by atoms with Crippen molar-refractivity contribution in [3.05, 3.63) is 113 Å².